The lowest BCUT2D eigenvalue weighted by atomic mass is 10.3. The lowest BCUT2D eigenvalue weighted by Crippen LogP contribution is -2.12. The summed E-state index contributed by atoms with van der Waals surface area (Å²) in [5.74, 6) is 0.653. The third kappa shape index (κ3) is 2.95. The largest absolute Gasteiger partial charge is 0.497 e. The Morgan fingerprint density at radius 2 is 2.14 bits per heavy atom. The van der Waals surface area contributed by atoms with Gasteiger partial charge in [-0.05, 0) is 12.1 Å². The number of methoxy groups -OCH3 is 1. The molecule has 0 spiro atoms. The predicted octanol–water partition coefficient (Wildman–Crippen LogP) is 1.81. The fourth-order valence-electron chi connectivity index (χ4n) is 0.915. The first-order valence-corrected chi connectivity index (χ1v) is 3.92. The second-order valence-corrected chi connectivity index (χ2v) is 2.39. The van der Waals surface area contributed by atoms with Crippen molar-refractivity contribution in [3.05, 3.63) is 24.3 Å². The first-order valence-electron chi connectivity index (χ1n) is 3.92. The fourth-order valence-corrected chi connectivity index (χ4v) is 0.915. The van der Waals surface area contributed by atoms with Gasteiger partial charge in [0.25, 0.3) is 0 Å². The van der Waals surface area contributed by atoms with E-state index in [0.29, 0.717) is 11.4 Å². The lowest BCUT2D eigenvalue weighted by molar-refractivity contribution is -0.208. The Labute approximate surface area is 81.5 Å². The van der Waals surface area contributed by atoms with Gasteiger partial charge < -0.3 is 4.74 Å². The van der Waals surface area contributed by atoms with Crippen LogP contribution in [0.5, 0.6) is 5.75 Å². The topological polar surface area (TPSA) is 56.8 Å². The Balaban J connectivity index is 2.62. The third-order valence-corrected chi connectivity index (χ3v) is 1.48. The van der Waals surface area contributed by atoms with Gasteiger partial charge in [-0.15, -0.1) is 0 Å². The highest BCUT2D eigenvalue weighted by Gasteiger charge is 2.03. The summed E-state index contributed by atoms with van der Waals surface area (Å²) in [6.45, 7) is 0. The molecule has 0 aliphatic rings. The summed E-state index contributed by atoms with van der Waals surface area (Å²) < 4.78 is 4.97. The first-order chi connectivity index (χ1) is 6.76. The molecule has 0 fully saturated rings. The van der Waals surface area contributed by atoms with Gasteiger partial charge >= 0.3 is 6.09 Å². The van der Waals surface area contributed by atoms with Crippen LogP contribution in [-0.4, -0.2) is 20.3 Å². The van der Waals surface area contributed by atoms with Gasteiger partial charge in [-0.25, -0.2) is 4.79 Å². The summed E-state index contributed by atoms with van der Waals surface area (Å²) in [6.07, 6.45) is -0.680. The second kappa shape index (κ2) is 5.08. The van der Waals surface area contributed by atoms with Crippen LogP contribution in [0.1, 0.15) is 0 Å². The quantitative estimate of drug-likeness (QED) is 0.593. The maximum absolute atomic E-state index is 10.9. The molecule has 5 heteroatoms. The van der Waals surface area contributed by atoms with E-state index in [4.69, 9.17) is 4.74 Å². The monoisotopic (exact) mass is 197 g/mol. The van der Waals surface area contributed by atoms with Gasteiger partial charge in [-0.2, -0.15) is 4.89 Å². The highest BCUT2D eigenvalue weighted by atomic mass is 17.2. The minimum Gasteiger partial charge on any atom is -0.497 e. The molecule has 1 amide bonds. The van der Waals surface area contributed by atoms with E-state index in [2.05, 4.69) is 15.1 Å². The van der Waals surface area contributed by atoms with Gasteiger partial charge in [-0.3, -0.25) is 10.2 Å². The molecule has 0 aliphatic carbocycles. The Morgan fingerprint density at radius 1 is 1.36 bits per heavy atom. The molecular formula is C9H11NO4. The summed E-state index contributed by atoms with van der Waals surface area (Å²) in [6, 6.07) is 6.89. The lowest BCUT2D eigenvalue weighted by Gasteiger charge is -2.05. The van der Waals surface area contributed by atoms with Crippen LogP contribution < -0.4 is 10.1 Å². The average Bonchev–Trinajstić information content (AvgIpc) is 2.18. The molecule has 76 valence electrons. The van der Waals surface area contributed by atoms with E-state index < -0.39 is 6.09 Å². The molecule has 0 saturated heterocycles. The Kier molecular flexibility index (Phi) is 3.75. The standard InChI is InChI=1S/C9H11NO4/c1-12-8-5-3-4-7(6-8)10-9(11)14-13-2/h3-6H,1-2H3,(H,10,11). The van der Waals surface area contributed by atoms with Crippen LogP contribution in [0.3, 0.4) is 0 Å². The van der Waals surface area contributed by atoms with Crippen molar-refractivity contribution in [2.75, 3.05) is 19.5 Å². The molecule has 14 heavy (non-hydrogen) atoms. The van der Waals surface area contributed by atoms with Crippen molar-refractivity contribution in [3.8, 4) is 5.75 Å². The zero-order valence-electron chi connectivity index (χ0n) is 7.94. The molecule has 5 nitrogen and oxygen atoms in total. The van der Waals surface area contributed by atoms with Crippen molar-refractivity contribution in [1.82, 2.24) is 0 Å². The maximum Gasteiger partial charge on any atom is 0.443 e. The molecule has 1 aromatic rings. The highest BCUT2D eigenvalue weighted by Crippen LogP contribution is 2.16. The second-order valence-electron chi connectivity index (χ2n) is 2.39. The van der Waals surface area contributed by atoms with Crippen LogP contribution in [0.15, 0.2) is 24.3 Å². The fraction of sp³-hybridized carbons (Fsp3) is 0.222. The Bertz CT molecular complexity index is 313. The minimum atomic E-state index is -0.680. The van der Waals surface area contributed by atoms with E-state index in [9.17, 15) is 4.79 Å². The van der Waals surface area contributed by atoms with E-state index in [1.165, 1.54) is 7.11 Å². The number of rotatable bonds is 3. The predicted molar refractivity (Wildman–Crippen MR) is 50.1 cm³/mol. The zero-order valence-corrected chi connectivity index (χ0v) is 7.94. The van der Waals surface area contributed by atoms with E-state index >= 15 is 0 Å². The van der Waals surface area contributed by atoms with Crippen LogP contribution in [0.2, 0.25) is 0 Å². The van der Waals surface area contributed by atoms with Gasteiger partial charge in [-0.1, -0.05) is 6.07 Å². The van der Waals surface area contributed by atoms with Crippen LogP contribution in [-0.2, 0) is 9.78 Å². The molecule has 1 N–H and O–H groups in total. The van der Waals surface area contributed by atoms with Crippen LogP contribution in [0.4, 0.5) is 10.5 Å². The van der Waals surface area contributed by atoms with Gasteiger partial charge in [0.1, 0.15) is 5.75 Å². The summed E-state index contributed by atoms with van der Waals surface area (Å²) >= 11 is 0. The number of carbonyl (C=O) groups is 1. The number of anilines is 1. The van der Waals surface area contributed by atoms with Gasteiger partial charge in [0.15, 0.2) is 0 Å². The summed E-state index contributed by atoms with van der Waals surface area (Å²) in [5, 5.41) is 2.45. The zero-order chi connectivity index (χ0) is 10.4. The van der Waals surface area contributed by atoms with Crippen LogP contribution >= 0.6 is 0 Å². The maximum atomic E-state index is 10.9. The van der Waals surface area contributed by atoms with Gasteiger partial charge in [0, 0.05) is 11.8 Å². The molecule has 1 rings (SSSR count). The number of ether oxygens (including phenoxy) is 1. The number of carbonyl (C=O) groups excluding carboxylic acids is 1. The molecule has 1 aromatic carbocycles. The molecular weight excluding hydrogens is 186 g/mol. The molecule has 0 aliphatic heterocycles. The number of nitrogens with one attached hydrogen (secondary N) is 1. The Morgan fingerprint density at radius 3 is 2.79 bits per heavy atom. The van der Waals surface area contributed by atoms with Crippen molar-refractivity contribution in [2.24, 2.45) is 0 Å². The molecule has 0 aromatic heterocycles. The number of hydrogen-bond acceptors (Lipinski definition) is 4. The Hall–Kier alpha value is -1.75. The van der Waals surface area contributed by atoms with E-state index in [0.717, 1.165) is 0 Å². The summed E-state index contributed by atoms with van der Waals surface area (Å²) in [5.41, 5.74) is 0.575. The van der Waals surface area contributed by atoms with Crippen molar-refractivity contribution in [1.29, 1.82) is 0 Å². The minimum absolute atomic E-state index is 0.575. The first kappa shape index (κ1) is 10.3. The average molecular weight is 197 g/mol. The summed E-state index contributed by atoms with van der Waals surface area (Å²) in [4.78, 5) is 19.3. The van der Waals surface area contributed by atoms with Crippen molar-refractivity contribution < 1.29 is 19.3 Å². The van der Waals surface area contributed by atoms with E-state index in [1.807, 2.05) is 0 Å². The smallest absolute Gasteiger partial charge is 0.443 e. The van der Waals surface area contributed by atoms with E-state index in [1.54, 1.807) is 31.4 Å². The van der Waals surface area contributed by atoms with Crippen molar-refractivity contribution >= 4 is 11.8 Å². The molecule has 0 radical (unpaired) electrons. The van der Waals surface area contributed by atoms with E-state index in [-0.39, 0.29) is 0 Å². The van der Waals surface area contributed by atoms with Crippen molar-refractivity contribution in [3.63, 3.8) is 0 Å². The molecule has 0 bridgehead atoms. The number of benzene rings is 1. The van der Waals surface area contributed by atoms with Gasteiger partial charge in [0.05, 0.1) is 14.2 Å². The van der Waals surface area contributed by atoms with Crippen LogP contribution in [0, 0.1) is 0 Å². The summed E-state index contributed by atoms with van der Waals surface area (Å²) in [7, 11) is 2.80. The van der Waals surface area contributed by atoms with Crippen molar-refractivity contribution in [2.45, 2.75) is 0 Å². The third-order valence-electron chi connectivity index (χ3n) is 1.48. The SMILES string of the molecule is COOC(=O)Nc1cccc(OC)c1. The molecule has 0 saturated carbocycles. The number of amides is 1. The molecule has 0 atom stereocenters. The highest BCUT2D eigenvalue weighted by molar-refractivity contribution is 5.84. The molecule has 0 heterocycles. The van der Waals surface area contributed by atoms with Gasteiger partial charge in [0.2, 0.25) is 0 Å². The normalized spacial score (nSPS) is 9.29. The molecule has 0 unspecified atom stereocenters. The van der Waals surface area contributed by atoms with Crippen LogP contribution in [0.25, 0.3) is 0 Å². The number of hydrogen-bond donors (Lipinski definition) is 1.